The summed E-state index contributed by atoms with van der Waals surface area (Å²) in [6.45, 7) is 5.00. The molecule has 2 aromatic carbocycles. The molecule has 13 heteroatoms. The van der Waals surface area contributed by atoms with Crippen LogP contribution in [-0.2, 0) is 32.2 Å². The Balaban J connectivity index is 0.938. The molecule has 0 radical (unpaired) electrons. The van der Waals surface area contributed by atoms with E-state index in [9.17, 15) is 14.4 Å². The van der Waals surface area contributed by atoms with Gasteiger partial charge in [-0.05, 0) is 54.3 Å². The summed E-state index contributed by atoms with van der Waals surface area (Å²) in [4.78, 5) is 52.2. The number of carbonyl (C=O) groups excluding carboxylic acids is 3. The topological polar surface area (TPSA) is 126 Å². The Bertz CT molecular complexity index is 1740. The van der Waals surface area contributed by atoms with Crippen LogP contribution in [-0.4, -0.2) is 102 Å². The Morgan fingerprint density at radius 1 is 1.09 bits per heavy atom. The first kappa shape index (κ1) is 30.2. The number of methoxy groups -OCH3 is 1. The average molecular weight is 645 g/mol. The van der Waals surface area contributed by atoms with E-state index in [0.29, 0.717) is 66.7 Å². The summed E-state index contributed by atoms with van der Waals surface area (Å²) in [7, 11) is 1.67. The quantitative estimate of drug-likeness (QED) is 0.365. The van der Waals surface area contributed by atoms with Crippen molar-refractivity contribution in [1.29, 1.82) is 0 Å². The first-order valence-electron chi connectivity index (χ1n) is 16.3. The van der Waals surface area contributed by atoms with Crippen LogP contribution in [0.25, 0.3) is 10.9 Å². The van der Waals surface area contributed by atoms with E-state index in [-0.39, 0.29) is 48.7 Å². The zero-order valence-corrected chi connectivity index (χ0v) is 26.2. The average Bonchev–Trinajstić information content (AvgIpc) is 3.81. The maximum absolute atomic E-state index is 15.4. The number of piperidine rings is 1. The van der Waals surface area contributed by atoms with Gasteiger partial charge in [-0.1, -0.05) is 0 Å². The van der Waals surface area contributed by atoms with Gasteiger partial charge in [-0.15, -0.1) is 0 Å². The number of hydrogen-bond acceptors (Lipinski definition) is 10. The van der Waals surface area contributed by atoms with Crippen LogP contribution >= 0.6 is 0 Å². The molecule has 3 amide bonds. The van der Waals surface area contributed by atoms with Gasteiger partial charge >= 0.3 is 0 Å². The number of hydrogen-bond donors (Lipinski definition) is 1. The molecule has 12 nitrogen and oxygen atoms in total. The molecule has 0 saturated carbocycles. The van der Waals surface area contributed by atoms with Gasteiger partial charge < -0.3 is 24.0 Å². The van der Waals surface area contributed by atoms with Gasteiger partial charge in [0.1, 0.15) is 29.2 Å². The highest BCUT2D eigenvalue weighted by atomic mass is 19.1. The molecule has 3 aromatic rings. The fourth-order valence-corrected chi connectivity index (χ4v) is 7.86. The summed E-state index contributed by atoms with van der Waals surface area (Å²) in [6, 6.07) is 8.23. The van der Waals surface area contributed by atoms with Crippen LogP contribution in [0, 0.1) is 17.7 Å². The molecule has 5 atom stereocenters. The summed E-state index contributed by atoms with van der Waals surface area (Å²) < 4.78 is 33.3. The fourth-order valence-electron chi connectivity index (χ4n) is 7.86. The molecule has 5 aliphatic heterocycles. The van der Waals surface area contributed by atoms with E-state index >= 15 is 4.39 Å². The lowest BCUT2D eigenvalue weighted by Gasteiger charge is -2.29. The molecule has 8 rings (SSSR count). The van der Waals surface area contributed by atoms with Gasteiger partial charge in [-0.25, -0.2) is 14.4 Å². The number of halogens is 1. The number of fused-ring (bicyclic) bond motifs is 3. The molecular weight excluding hydrogens is 607 g/mol. The number of ether oxygens (including phenoxy) is 3. The number of likely N-dealkylation sites (tertiary alicyclic amines) is 1. The van der Waals surface area contributed by atoms with Gasteiger partial charge in [0.25, 0.3) is 5.91 Å². The van der Waals surface area contributed by atoms with Crippen LogP contribution in [0.1, 0.15) is 40.7 Å². The molecule has 5 aliphatic rings. The number of nitrogens with zero attached hydrogens (tertiary/aromatic N) is 5. The van der Waals surface area contributed by atoms with Gasteiger partial charge in [0.2, 0.25) is 17.8 Å². The van der Waals surface area contributed by atoms with Crippen molar-refractivity contribution in [3.63, 3.8) is 0 Å². The summed E-state index contributed by atoms with van der Waals surface area (Å²) in [5.74, 6) is 0.408. The van der Waals surface area contributed by atoms with Crippen LogP contribution in [0.3, 0.4) is 0 Å². The van der Waals surface area contributed by atoms with Crippen molar-refractivity contribution in [1.82, 2.24) is 25.1 Å². The third-order valence-corrected chi connectivity index (χ3v) is 10.2. The highest BCUT2D eigenvalue weighted by molar-refractivity contribution is 6.05. The zero-order chi connectivity index (χ0) is 32.2. The Morgan fingerprint density at radius 2 is 1.98 bits per heavy atom. The number of benzene rings is 2. The van der Waals surface area contributed by atoms with Crippen LogP contribution in [0.2, 0.25) is 0 Å². The number of nitrogens with one attached hydrogen (secondary N) is 1. The van der Waals surface area contributed by atoms with Crippen LogP contribution < -0.4 is 15.0 Å². The Labute approximate surface area is 271 Å². The van der Waals surface area contributed by atoms with Crippen LogP contribution in [0.4, 0.5) is 10.3 Å². The predicted octanol–water partition coefficient (Wildman–Crippen LogP) is 2.28. The Hall–Kier alpha value is -4.20. The van der Waals surface area contributed by atoms with Gasteiger partial charge in [-0.3, -0.25) is 24.6 Å². The molecule has 1 aromatic heterocycles. The predicted molar refractivity (Wildman–Crippen MR) is 167 cm³/mol. The second kappa shape index (κ2) is 12.1. The summed E-state index contributed by atoms with van der Waals surface area (Å²) >= 11 is 0. The maximum Gasteiger partial charge on any atom is 0.255 e. The monoisotopic (exact) mass is 644 g/mol. The van der Waals surface area contributed by atoms with Crippen molar-refractivity contribution in [3.05, 3.63) is 59.0 Å². The van der Waals surface area contributed by atoms with E-state index in [2.05, 4.69) is 25.1 Å². The highest BCUT2D eigenvalue weighted by Crippen LogP contribution is 2.34. The van der Waals surface area contributed by atoms with Crippen LogP contribution in [0.15, 0.2) is 36.5 Å². The van der Waals surface area contributed by atoms with E-state index < -0.39 is 11.9 Å². The molecule has 0 aliphatic carbocycles. The molecule has 4 saturated heterocycles. The van der Waals surface area contributed by atoms with Gasteiger partial charge in [0, 0.05) is 88.4 Å². The number of imide groups is 1. The molecular formula is C34H37FN6O6. The summed E-state index contributed by atoms with van der Waals surface area (Å²) in [5, 5.41) is 3.00. The number of carbonyl (C=O) groups is 3. The van der Waals surface area contributed by atoms with Crippen molar-refractivity contribution in [2.75, 3.05) is 51.4 Å². The largest absolute Gasteiger partial charge is 0.489 e. The number of amides is 3. The Kier molecular flexibility index (Phi) is 7.77. The second-order valence-electron chi connectivity index (χ2n) is 13.3. The van der Waals surface area contributed by atoms with Crippen molar-refractivity contribution < 1.29 is 33.0 Å². The zero-order valence-electron chi connectivity index (χ0n) is 26.2. The second-order valence-corrected chi connectivity index (χ2v) is 13.3. The third-order valence-electron chi connectivity index (χ3n) is 10.2. The molecule has 1 N–H and O–H groups in total. The molecule has 47 heavy (non-hydrogen) atoms. The standard InChI is InChI=1S/C34H37FN6O6/c1-45-18-23-13-39(12-19-8-21-11-36-34(38-31(21)26(35)9-19)40-14-20-6-7-46-28(20)17-40)16-29(23)47-24-2-3-25-22(10-24)15-41(33(25)44)27-4-5-30(42)37-32(27)43/h2-3,8-11,20,23,27-29H,4-7,12-18H2,1H3,(H,37,42,43)/t20-,23+,27+,28+,29-/m1/s1. The summed E-state index contributed by atoms with van der Waals surface area (Å²) in [6.07, 6.45) is 3.30. The van der Waals surface area contributed by atoms with Gasteiger partial charge in [0.05, 0.1) is 12.7 Å². The van der Waals surface area contributed by atoms with Crippen molar-refractivity contribution in [2.24, 2.45) is 11.8 Å². The number of anilines is 1. The molecule has 0 unspecified atom stereocenters. The molecule has 0 bridgehead atoms. The fraction of sp³-hybridized carbons (Fsp3) is 0.500. The normalized spacial score (nSPS) is 27.5. The van der Waals surface area contributed by atoms with Crippen LogP contribution in [0.5, 0.6) is 5.75 Å². The Morgan fingerprint density at radius 3 is 2.81 bits per heavy atom. The number of aromatic nitrogens is 2. The van der Waals surface area contributed by atoms with Gasteiger partial charge in [0.15, 0.2) is 0 Å². The highest BCUT2D eigenvalue weighted by Gasteiger charge is 2.41. The van der Waals surface area contributed by atoms with E-state index in [1.807, 2.05) is 12.1 Å². The minimum absolute atomic E-state index is 0.0787. The molecule has 246 valence electrons. The van der Waals surface area contributed by atoms with E-state index in [1.54, 1.807) is 31.5 Å². The SMILES string of the molecule is COC[C@@H]1CN(Cc2cc(F)c3nc(N4C[C@H]5CCO[C@H]5C4)ncc3c2)C[C@H]1Oc1ccc2c(c1)CN([C@H]1CCC(=O)NC1=O)C2=O. The lowest BCUT2D eigenvalue weighted by atomic mass is 10.0. The molecule has 0 spiro atoms. The van der Waals surface area contributed by atoms with Crippen molar-refractivity contribution >= 4 is 34.6 Å². The minimum Gasteiger partial charge on any atom is -0.489 e. The van der Waals surface area contributed by atoms with Gasteiger partial charge in [-0.2, -0.15) is 0 Å². The van der Waals surface area contributed by atoms with Crippen molar-refractivity contribution in [2.45, 2.75) is 50.6 Å². The maximum atomic E-state index is 15.4. The molecule has 4 fully saturated rings. The van der Waals surface area contributed by atoms with Crippen molar-refractivity contribution in [3.8, 4) is 5.75 Å². The third kappa shape index (κ3) is 5.70. The minimum atomic E-state index is -0.667. The van der Waals surface area contributed by atoms with E-state index in [1.165, 1.54) is 4.90 Å². The first-order chi connectivity index (χ1) is 22.8. The van der Waals surface area contributed by atoms with E-state index in [0.717, 1.165) is 37.2 Å². The molecule has 6 heterocycles. The first-order valence-corrected chi connectivity index (χ1v) is 16.3. The summed E-state index contributed by atoms with van der Waals surface area (Å²) in [5.41, 5.74) is 2.47. The number of rotatable bonds is 8. The van der Waals surface area contributed by atoms with E-state index in [4.69, 9.17) is 14.2 Å². The smallest absolute Gasteiger partial charge is 0.255 e. The lowest BCUT2D eigenvalue weighted by Crippen LogP contribution is -2.52. The lowest BCUT2D eigenvalue weighted by molar-refractivity contribution is -0.136.